The zero-order valence-electron chi connectivity index (χ0n) is 27.2. The Bertz CT molecular complexity index is 2740. The standard InChI is InChI=1S/C46H27N3O2/c1-3-13-28(14-4-1)43-47-44(29-15-5-2-6-16-29)49-45(48-43)30-23-25-37-32(27-30)42-40(50-37)26-24-36-41(42)31-17-7-8-18-33(31)46(36)34-19-9-11-21-38(34)51-39-22-12-10-20-35(39)46/h1-27H. The van der Waals surface area contributed by atoms with E-state index in [0.717, 1.165) is 61.3 Å². The van der Waals surface area contributed by atoms with Crippen LogP contribution in [0, 0.1) is 0 Å². The molecule has 1 aliphatic heterocycles. The third-order valence-electron chi connectivity index (χ3n) is 10.4. The fourth-order valence-corrected chi connectivity index (χ4v) is 8.29. The van der Waals surface area contributed by atoms with Gasteiger partial charge in [0.05, 0.1) is 5.41 Å². The van der Waals surface area contributed by atoms with Gasteiger partial charge in [-0.1, -0.05) is 127 Å². The van der Waals surface area contributed by atoms with E-state index in [1.165, 1.54) is 22.3 Å². The van der Waals surface area contributed by atoms with Gasteiger partial charge in [0.25, 0.3) is 0 Å². The number of rotatable bonds is 3. The van der Waals surface area contributed by atoms with Gasteiger partial charge in [-0.25, -0.2) is 15.0 Å². The highest BCUT2D eigenvalue weighted by Gasteiger charge is 2.51. The molecule has 1 aliphatic carbocycles. The van der Waals surface area contributed by atoms with Crippen LogP contribution in [0.4, 0.5) is 0 Å². The summed E-state index contributed by atoms with van der Waals surface area (Å²) in [4.78, 5) is 15.0. The first-order valence-electron chi connectivity index (χ1n) is 17.1. The highest BCUT2D eigenvalue weighted by Crippen LogP contribution is 2.63. The van der Waals surface area contributed by atoms with Gasteiger partial charge >= 0.3 is 0 Å². The van der Waals surface area contributed by atoms with E-state index in [1.807, 2.05) is 84.9 Å². The maximum atomic E-state index is 6.61. The molecule has 0 radical (unpaired) electrons. The third kappa shape index (κ3) is 3.94. The van der Waals surface area contributed by atoms with Crippen LogP contribution in [0.5, 0.6) is 11.5 Å². The second kappa shape index (κ2) is 10.6. The Kier molecular flexibility index (Phi) is 5.81. The minimum Gasteiger partial charge on any atom is -0.457 e. The van der Waals surface area contributed by atoms with E-state index < -0.39 is 5.41 Å². The van der Waals surface area contributed by atoms with Crippen LogP contribution in [0.15, 0.2) is 168 Å². The number of benzene rings is 7. The Morgan fingerprint density at radius 1 is 0.412 bits per heavy atom. The maximum Gasteiger partial charge on any atom is 0.164 e. The normalized spacial score (nSPS) is 13.4. The number of aromatic nitrogens is 3. The summed E-state index contributed by atoms with van der Waals surface area (Å²) in [7, 11) is 0. The second-order valence-corrected chi connectivity index (χ2v) is 13.1. The van der Waals surface area contributed by atoms with Crippen LogP contribution >= 0.6 is 0 Å². The Balaban J connectivity index is 1.19. The zero-order chi connectivity index (χ0) is 33.5. The van der Waals surface area contributed by atoms with Crippen molar-refractivity contribution in [1.82, 2.24) is 15.0 Å². The van der Waals surface area contributed by atoms with Gasteiger partial charge in [0.1, 0.15) is 22.7 Å². The molecule has 0 fully saturated rings. The number of para-hydroxylation sites is 2. The molecule has 2 aromatic heterocycles. The lowest BCUT2D eigenvalue weighted by atomic mass is 9.66. The molecular formula is C46H27N3O2. The summed E-state index contributed by atoms with van der Waals surface area (Å²) in [5.41, 5.74) is 10.9. The monoisotopic (exact) mass is 653 g/mol. The molecule has 5 heteroatoms. The average molecular weight is 654 g/mol. The van der Waals surface area contributed by atoms with E-state index in [2.05, 4.69) is 78.9 Å². The molecule has 11 rings (SSSR count). The van der Waals surface area contributed by atoms with Gasteiger partial charge in [0.2, 0.25) is 0 Å². The predicted molar refractivity (Wildman–Crippen MR) is 201 cm³/mol. The first kappa shape index (κ1) is 28.0. The van der Waals surface area contributed by atoms with Gasteiger partial charge in [-0.2, -0.15) is 0 Å². The average Bonchev–Trinajstić information content (AvgIpc) is 3.72. The summed E-state index contributed by atoms with van der Waals surface area (Å²) >= 11 is 0. The van der Waals surface area contributed by atoms with Crippen molar-refractivity contribution in [3.05, 3.63) is 186 Å². The number of hydrogen-bond acceptors (Lipinski definition) is 5. The topological polar surface area (TPSA) is 61.0 Å². The smallest absolute Gasteiger partial charge is 0.164 e. The zero-order valence-corrected chi connectivity index (χ0v) is 27.2. The summed E-state index contributed by atoms with van der Waals surface area (Å²) < 4.78 is 13.2. The number of furan rings is 1. The fourth-order valence-electron chi connectivity index (χ4n) is 8.29. The van der Waals surface area contributed by atoms with Crippen LogP contribution in [-0.4, -0.2) is 15.0 Å². The van der Waals surface area contributed by atoms with Gasteiger partial charge in [0, 0.05) is 38.6 Å². The van der Waals surface area contributed by atoms with E-state index in [9.17, 15) is 0 Å². The first-order chi connectivity index (χ1) is 25.3. The van der Waals surface area contributed by atoms with Crippen LogP contribution in [-0.2, 0) is 5.41 Å². The molecule has 0 N–H and O–H groups in total. The van der Waals surface area contributed by atoms with Crippen molar-refractivity contribution in [2.24, 2.45) is 0 Å². The predicted octanol–water partition coefficient (Wildman–Crippen LogP) is 11.2. The van der Waals surface area contributed by atoms with Gasteiger partial charge < -0.3 is 9.15 Å². The van der Waals surface area contributed by atoms with Gasteiger partial charge in [0.15, 0.2) is 17.5 Å². The van der Waals surface area contributed by atoms with Crippen molar-refractivity contribution in [1.29, 1.82) is 0 Å². The molecule has 2 aliphatic rings. The van der Waals surface area contributed by atoms with Gasteiger partial charge in [-0.05, 0) is 58.7 Å². The molecule has 0 saturated carbocycles. The van der Waals surface area contributed by atoms with Crippen molar-refractivity contribution in [3.63, 3.8) is 0 Å². The molecule has 7 aromatic carbocycles. The minimum absolute atomic E-state index is 0.559. The molecule has 0 bridgehead atoms. The Morgan fingerprint density at radius 2 is 0.941 bits per heavy atom. The van der Waals surface area contributed by atoms with Gasteiger partial charge in [-0.15, -0.1) is 0 Å². The molecule has 0 atom stereocenters. The second-order valence-electron chi connectivity index (χ2n) is 13.1. The van der Waals surface area contributed by atoms with Crippen molar-refractivity contribution < 1.29 is 9.15 Å². The summed E-state index contributed by atoms with van der Waals surface area (Å²) in [6, 6.07) is 56.5. The van der Waals surface area contributed by atoms with Crippen molar-refractivity contribution in [2.45, 2.75) is 5.41 Å². The molecule has 3 heterocycles. The molecule has 0 saturated heterocycles. The van der Waals surface area contributed by atoms with E-state index in [-0.39, 0.29) is 0 Å². The summed E-state index contributed by atoms with van der Waals surface area (Å²) in [6.07, 6.45) is 0. The number of hydrogen-bond donors (Lipinski definition) is 0. The third-order valence-corrected chi connectivity index (χ3v) is 10.4. The van der Waals surface area contributed by atoms with Crippen molar-refractivity contribution >= 4 is 21.9 Å². The quantitative estimate of drug-likeness (QED) is 0.190. The SMILES string of the molecule is c1ccc(-c2nc(-c3ccccc3)nc(-c3ccc4oc5ccc6c(c5c4c3)-c3ccccc3C63c4ccccc4Oc4ccccc43)n2)cc1. The Labute approximate surface area is 293 Å². The lowest BCUT2D eigenvalue weighted by Gasteiger charge is -2.39. The molecule has 5 nitrogen and oxygen atoms in total. The minimum atomic E-state index is -0.559. The molecule has 0 amide bonds. The Morgan fingerprint density at radius 3 is 1.59 bits per heavy atom. The number of ether oxygens (including phenoxy) is 1. The molecule has 238 valence electrons. The lowest BCUT2D eigenvalue weighted by Crippen LogP contribution is -2.32. The van der Waals surface area contributed by atoms with E-state index in [1.54, 1.807) is 0 Å². The van der Waals surface area contributed by atoms with E-state index >= 15 is 0 Å². The van der Waals surface area contributed by atoms with Crippen LogP contribution in [0.3, 0.4) is 0 Å². The first-order valence-corrected chi connectivity index (χ1v) is 17.1. The molecular weight excluding hydrogens is 627 g/mol. The highest BCUT2D eigenvalue weighted by molar-refractivity contribution is 6.16. The summed E-state index contributed by atoms with van der Waals surface area (Å²) in [6.45, 7) is 0. The fraction of sp³-hybridized carbons (Fsp3) is 0.0217. The molecule has 1 spiro atoms. The summed E-state index contributed by atoms with van der Waals surface area (Å²) in [5, 5.41) is 2.10. The van der Waals surface area contributed by atoms with E-state index in [4.69, 9.17) is 24.1 Å². The van der Waals surface area contributed by atoms with E-state index in [0.29, 0.717) is 17.5 Å². The molecule has 0 unspecified atom stereocenters. The molecule has 51 heavy (non-hydrogen) atoms. The Hall–Kier alpha value is -6.85. The molecule has 9 aromatic rings. The van der Waals surface area contributed by atoms with Crippen molar-refractivity contribution in [2.75, 3.05) is 0 Å². The highest BCUT2D eigenvalue weighted by atomic mass is 16.5. The van der Waals surface area contributed by atoms with Crippen LogP contribution < -0.4 is 4.74 Å². The van der Waals surface area contributed by atoms with Gasteiger partial charge in [-0.3, -0.25) is 0 Å². The van der Waals surface area contributed by atoms with Crippen LogP contribution in [0.25, 0.3) is 67.2 Å². The number of nitrogens with zero attached hydrogens (tertiary/aromatic N) is 3. The van der Waals surface area contributed by atoms with Crippen LogP contribution in [0.2, 0.25) is 0 Å². The summed E-state index contributed by atoms with van der Waals surface area (Å²) in [5.74, 6) is 3.61. The van der Waals surface area contributed by atoms with Crippen LogP contribution in [0.1, 0.15) is 22.3 Å². The number of fused-ring (bicyclic) bond motifs is 13. The maximum absolute atomic E-state index is 6.61. The lowest BCUT2D eigenvalue weighted by molar-refractivity contribution is 0.436. The largest absolute Gasteiger partial charge is 0.457 e. The van der Waals surface area contributed by atoms with Crippen molar-refractivity contribution in [3.8, 4) is 56.8 Å².